The monoisotopic (exact) mass is 595 g/mol. The zero-order valence-corrected chi connectivity index (χ0v) is 28.9. The first-order chi connectivity index (χ1) is 16.0. The maximum atomic E-state index is 13.6. The topological polar surface area (TPSA) is 110 Å². The van der Waals surface area contributed by atoms with E-state index in [0.717, 1.165) is 0 Å². The lowest BCUT2D eigenvalue weighted by atomic mass is 10.2. The quantitative estimate of drug-likeness (QED) is 0.236. The van der Waals surface area contributed by atoms with E-state index in [-0.39, 0.29) is 12.7 Å². The van der Waals surface area contributed by atoms with Crippen molar-refractivity contribution in [1.29, 1.82) is 0 Å². The minimum absolute atomic E-state index is 0.0324. The van der Waals surface area contributed by atoms with Crippen molar-refractivity contribution in [3.63, 3.8) is 0 Å². The van der Waals surface area contributed by atoms with E-state index >= 15 is 0 Å². The Labute approximate surface area is 220 Å². The van der Waals surface area contributed by atoms with E-state index in [1.54, 1.807) is 12.3 Å². The number of rotatable bonds is 12. The molecule has 1 aliphatic rings. The molecule has 1 aromatic rings. The molecular weight excluding hydrogens is 550 g/mol. The third-order valence-corrected chi connectivity index (χ3v) is 13.1. The van der Waals surface area contributed by atoms with Gasteiger partial charge in [-0.15, -0.1) is 0 Å². The van der Waals surface area contributed by atoms with Gasteiger partial charge >= 0.3 is 13.5 Å². The van der Waals surface area contributed by atoms with Crippen molar-refractivity contribution in [2.24, 2.45) is 0 Å². The molecule has 0 unspecified atom stereocenters. The standard InChI is InChI=1S/C21H46N3O7PSi4/c1-33(2,3)23-19-13-14-24(21(25)22-19)20-15-17(29-34(4,5)6)18(28-20)16-27-32(26,30-35(7,8)9)31-36(10,11)12/h13-14,17-18,20H,15-16H2,1-12H3,(H,22,23,25)/t17-,18+,20+/m0/s1. The number of hydrogen-bond acceptors (Lipinski definition) is 9. The Kier molecular flexibility index (Phi) is 10.0. The van der Waals surface area contributed by atoms with Crippen molar-refractivity contribution in [2.45, 2.75) is 103 Å². The second-order valence-corrected chi connectivity index (χ2v) is 33.4. The molecule has 0 bridgehead atoms. The fourth-order valence-corrected chi connectivity index (χ4v) is 12.3. The van der Waals surface area contributed by atoms with Crippen molar-refractivity contribution in [1.82, 2.24) is 9.55 Å². The summed E-state index contributed by atoms with van der Waals surface area (Å²) >= 11 is 0. The van der Waals surface area contributed by atoms with Gasteiger partial charge in [0.2, 0.25) is 0 Å². The Balaban J connectivity index is 2.26. The second-order valence-electron chi connectivity index (χ2n) is 13.2. The van der Waals surface area contributed by atoms with Gasteiger partial charge in [-0.3, -0.25) is 9.09 Å². The van der Waals surface area contributed by atoms with E-state index in [4.69, 9.17) is 22.1 Å². The van der Waals surface area contributed by atoms with Crippen LogP contribution in [-0.2, 0) is 26.7 Å². The van der Waals surface area contributed by atoms with Crippen molar-refractivity contribution >= 4 is 46.8 Å². The van der Waals surface area contributed by atoms with Crippen LogP contribution < -0.4 is 10.7 Å². The summed E-state index contributed by atoms with van der Waals surface area (Å²) in [5.41, 5.74) is -0.397. The number of aromatic nitrogens is 2. The highest BCUT2D eigenvalue weighted by Crippen LogP contribution is 2.54. The van der Waals surface area contributed by atoms with Crippen LogP contribution in [0, 0.1) is 0 Å². The van der Waals surface area contributed by atoms with Gasteiger partial charge in [-0.1, -0.05) is 19.6 Å². The average Bonchev–Trinajstić information content (AvgIpc) is 2.96. The average molecular weight is 596 g/mol. The molecule has 2 rings (SSSR count). The van der Waals surface area contributed by atoms with Crippen LogP contribution in [-0.4, -0.2) is 61.6 Å². The molecule has 1 aliphatic heterocycles. The van der Waals surface area contributed by atoms with Crippen LogP contribution in [0.4, 0.5) is 5.82 Å². The number of hydrogen-bond donors (Lipinski definition) is 1. The van der Waals surface area contributed by atoms with E-state index < -0.39 is 59.0 Å². The van der Waals surface area contributed by atoms with Crippen molar-refractivity contribution < 1.29 is 26.7 Å². The van der Waals surface area contributed by atoms with Gasteiger partial charge in [-0.05, 0) is 65.0 Å². The Hall–Kier alpha value is -0.422. The van der Waals surface area contributed by atoms with E-state index in [0.29, 0.717) is 12.2 Å². The molecule has 36 heavy (non-hydrogen) atoms. The smallest absolute Gasteiger partial charge is 0.412 e. The zero-order valence-electron chi connectivity index (χ0n) is 24.0. The van der Waals surface area contributed by atoms with Gasteiger partial charge in [0.15, 0.2) is 25.0 Å². The molecule has 2 heterocycles. The van der Waals surface area contributed by atoms with Crippen LogP contribution in [0.2, 0.25) is 78.6 Å². The molecule has 3 atom stereocenters. The van der Waals surface area contributed by atoms with Crippen LogP contribution in [0.15, 0.2) is 17.1 Å². The molecule has 0 radical (unpaired) electrons. The van der Waals surface area contributed by atoms with E-state index in [9.17, 15) is 9.36 Å². The molecule has 1 N–H and O–H groups in total. The minimum Gasteiger partial charge on any atom is -0.412 e. The van der Waals surface area contributed by atoms with Crippen molar-refractivity contribution in [3.8, 4) is 0 Å². The first kappa shape index (κ1) is 31.8. The fraction of sp³-hybridized carbons (Fsp3) is 0.810. The molecule has 1 fully saturated rings. The molecule has 10 nitrogen and oxygen atoms in total. The lowest BCUT2D eigenvalue weighted by Crippen LogP contribution is -2.38. The second kappa shape index (κ2) is 11.4. The third-order valence-electron chi connectivity index (χ3n) is 4.50. The summed E-state index contributed by atoms with van der Waals surface area (Å²) in [6.45, 7) is 24.3. The SMILES string of the molecule is C[Si](C)(C)Nc1ccn([C@H]2C[C@H](O[Si](C)(C)C)[C@@H](COP(=O)(O[Si](C)(C)C)O[Si](C)(C)C)O2)c(=O)n1. The molecule has 0 spiro atoms. The summed E-state index contributed by atoms with van der Waals surface area (Å²) in [5, 5.41) is 0. The number of ether oxygens (including phenoxy) is 1. The Morgan fingerprint density at radius 2 is 1.56 bits per heavy atom. The highest BCUT2D eigenvalue weighted by molar-refractivity contribution is 7.52. The molecule has 0 aromatic carbocycles. The van der Waals surface area contributed by atoms with Crippen molar-refractivity contribution in [3.05, 3.63) is 22.7 Å². The maximum absolute atomic E-state index is 13.6. The van der Waals surface area contributed by atoms with E-state index in [1.165, 1.54) is 4.57 Å². The zero-order chi connectivity index (χ0) is 27.7. The summed E-state index contributed by atoms with van der Waals surface area (Å²) in [6.07, 6.45) is 0.702. The van der Waals surface area contributed by atoms with Gasteiger partial charge in [0.25, 0.3) is 0 Å². The Morgan fingerprint density at radius 1 is 1.00 bits per heavy atom. The van der Waals surface area contributed by atoms with E-state index in [1.807, 2.05) is 39.3 Å². The summed E-state index contributed by atoms with van der Waals surface area (Å²) in [6, 6.07) is 1.79. The lowest BCUT2D eigenvalue weighted by Gasteiger charge is -2.31. The molecule has 15 heteroatoms. The van der Waals surface area contributed by atoms with Crippen LogP contribution >= 0.6 is 7.82 Å². The van der Waals surface area contributed by atoms with Gasteiger partial charge in [-0.2, -0.15) is 4.98 Å². The number of nitrogens with one attached hydrogen (secondary N) is 1. The van der Waals surface area contributed by atoms with Gasteiger partial charge < -0.3 is 22.6 Å². The van der Waals surface area contributed by atoms with Crippen LogP contribution in [0.5, 0.6) is 0 Å². The summed E-state index contributed by atoms with van der Waals surface area (Å²) < 4.78 is 45.4. The van der Waals surface area contributed by atoms with Gasteiger partial charge in [0, 0.05) is 12.6 Å². The number of phosphoric acid groups is 1. The predicted molar refractivity (Wildman–Crippen MR) is 155 cm³/mol. The van der Waals surface area contributed by atoms with Crippen LogP contribution in [0.3, 0.4) is 0 Å². The number of nitrogens with zero attached hydrogens (tertiary/aromatic N) is 2. The summed E-state index contributed by atoms with van der Waals surface area (Å²) in [4.78, 5) is 20.4. The third kappa shape index (κ3) is 11.1. The lowest BCUT2D eigenvalue weighted by molar-refractivity contribution is -0.0418. The Morgan fingerprint density at radius 3 is 2.00 bits per heavy atom. The maximum Gasteiger partial charge on any atom is 0.455 e. The molecular formula is C21H46N3O7PSi4. The molecule has 1 aromatic heterocycles. The Bertz CT molecular complexity index is 979. The highest BCUT2D eigenvalue weighted by Gasteiger charge is 2.44. The molecule has 208 valence electrons. The van der Waals surface area contributed by atoms with Crippen LogP contribution in [0.1, 0.15) is 12.6 Å². The first-order valence-electron chi connectivity index (χ1n) is 12.4. The highest BCUT2D eigenvalue weighted by atomic mass is 31.2. The molecule has 1 saturated heterocycles. The van der Waals surface area contributed by atoms with Gasteiger partial charge in [-0.25, -0.2) is 9.36 Å². The number of anilines is 1. The predicted octanol–water partition coefficient (Wildman–Crippen LogP) is 5.83. The normalized spacial score (nSPS) is 22.2. The van der Waals surface area contributed by atoms with Gasteiger partial charge in [0.1, 0.15) is 26.4 Å². The van der Waals surface area contributed by atoms with Crippen molar-refractivity contribution in [2.75, 3.05) is 11.6 Å². The largest absolute Gasteiger partial charge is 0.455 e. The first-order valence-corrected chi connectivity index (χ1v) is 27.6. The molecule has 0 amide bonds. The van der Waals surface area contributed by atoms with Gasteiger partial charge in [0.05, 0.1) is 12.7 Å². The molecule has 0 saturated carbocycles. The fourth-order valence-electron chi connectivity index (χ4n) is 3.59. The summed E-state index contributed by atoms with van der Waals surface area (Å²) in [7, 11) is -11.9. The van der Waals surface area contributed by atoms with Crippen LogP contribution in [0.25, 0.3) is 0 Å². The summed E-state index contributed by atoms with van der Waals surface area (Å²) in [5.74, 6) is 0.566. The van der Waals surface area contributed by atoms with E-state index in [2.05, 4.69) is 49.2 Å². The molecule has 0 aliphatic carbocycles. The minimum atomic E-state index is -3.81.